The highest BCUT2D eigenvalue weighted by Crippen LogP contribution is 2.28. The largest absolute Gasteiger partial charge is 0.353 e. The van der Waals surface area contributed by atoms with Gasteiger partial charge in [0.15, 0.2) is 0 Å². The minimum absolute atomic E-state index is 0.0101. The topological polar surface area (TPSA) is 66.5 Å². The number of nitrogens with one attached hydrogen (secondary N) is 1. The van der Waals surface area contributed by atoms with E-state index in [-0.39, 0.29) is 27.8 Å². The van der Waals surface area contributed by atoms with Gasteiger partial charge in [0.25, 0.3) is 0 Å². The van der Waals surface area contributed by atoms with E-state index < -0.39 is 10.0 Å². The third kappa shape index (κ3) is 4.42. The van der Waals surface area contributed by atoms with Crippen molar-refractivity contribution in [3.05, 3.63) is 28.2 Å². The number of carbonyl (C=O) groups excluding carboxylic acids is 1. The second-order valence-corrected chi connectivity index (χ2v) is 8.82. The van der Waals surface area contributed by atoms with Crippen LogP contribution >= 0.6 is 23.2 Å². The molecular formula is C16H22Cl2N2O3S. The summed E-state index contributed by atoms with van der Waals surface area (Å²) in [7, 11) is -3.62. The van der Waals surface area contributed by atoms with Crippen molar-refractivity contribution in [1.82, 2.24) is 9.62 Å². The molecule has 8 heteroatoms. The number of carbonyl (C=O) groups is 1. The van der Waals surface area contributed by atoms with E-state index in [4.69, 9.17) is 23.2 Å². The number of benzene rings is 1. The van der Waals surface area contributed by atoms with Crippen LogP contribution in [0.15, 0.2) is 23.1 Å². The molecule has 1 unspecified atom stereocenters. The number of nitrogens with zero attached hydrogens (tertiary/aromatic N) is 1. The molecule has 0 bridgehead atoms. The van der Waals surface area contributed by atoms with Crippen LogP contribution in [0.3, 0.4) is 0 Å². The van der Waals surface area contributed by atoms with Crippen LogP contribution in [-0.2, 0) is 14.8 Å². The molecular weight excluding hydrogens is 371 g/mol. The molecule has 1 fully saturated rings. The van der Waals surface area contributed by atoms with Crippen LogP contribution in [0.2, 0.25) is 10.0 Å². The zero-order valence-electron chi connectivity index (χ0n) is 13.8. The lowest BCUT2D eigenvalue weighted by Crippen LogP contribution is -2.44. The molecule has 0 aliphatic carbocycles. The molecule has 0 aromatic heterocycles. The highest BCUT2D eigenvalue weighted by molar-refractivity contribution is 7.89. The van der Waals surface area contributed by atoms with Crippen molar-refractivity contribution in [1.29, 1.82) is 0 Å². The van der Waals surface area contributed by atoms with E-state index >= 15 is 0 Å². The van der Waals surface area contributed by atoms with Crippen molar-refractivity contribution in [3.63, 3.8) is 0 Å². The first-order valence-corrected chi connectivity index (χ1v) is 10.2. The molecule has 1 aliphatic rings. The van der Waals surface area contributed by atoms with Crippen LogP contribution in [0.1, 0.15) is 33.1 Å². The molecule has 1 aliphatic heterocycles. The number of amides is 1. The quantitative estimate of drug-likeness (QED) is 0.835. The van der Waals surface area contributed by atoms with Crippen LogP contribution in [-0.4, -0.2) is 37.8 Å². The summed E-state index contributed by atoms with van der Waals surface area (Å²) >= 11 is 11.8. The van der Waals surface area contributed by atoms with Crippen LogP contribution in [0.4, 0.5) is 0 Å². The zero-order valence-corrected chi connectivity index (χ0v) is 16.1. The molecule has 0 radical (unpaired) electrons. The van der Waals surface area contributed by atoms with E-state index in [0.717, 1.165) is 6.42 Å². The highest BCUT2D eigenvalue weighted by Gasteiger charge is 2.32. The van der Waals surface area contributed by atoms with Crippen molar-refractivity contribution in [3.8, 4) is 0 Å². The van der Waals surface area contributed by atoms with Gasteiger partial charge in [0, 0.05) is 25.0 Å². The fourth-order valence-electron chi connectivity index (χ4n) is 2.61. The fraction of sp³-hybridized carbons (Fsp3) is 0.562. The van der Waals surface area contributed by atoms with E-state index in [9.17, 15) is 13.2 Å². The number of halogens is 2. The van der Waals surface area contributed by atoms with Crippen LogP contribution in [0, 0.1) is 5.92 Å². The van der Waals surface area contributed by atoms with Crippen molar-refractivity contribution >= 4 is 39.1 Å². The van der Waals surface area contributed by atoms with E-state index in [1.807, 2.05) is 13.8 Å². The number of hydrogen-bond acceptors (Lipinski definition) is 3. The molecule has 1 atom stereocenters. The van der Waals surface area contributed by atoms with Gasteiger partial charge < -0.3 is 5.32 Å². The number of rotatable bonds is 5. The van der Waals surface area contributed by atoms with E-state index in [2.05, 4.69) is 5.32 Å². The molecule has 5 nitrogen and oxygen atoms in total. The highest BCUT2D eigenvalue weighted by atomic mass is 35.5. The summed E-state index contributed by atoms with van der Waals surface area (Å²) in [5, 5.41) is 3.48. The summed E-state index contributed by atoms with van der Waals surface area (Å²) in [6.45, 7) is 4.61. The maximum Gasteiger partial charge on any atom is 0.243 e. The smallest absolute Gasteiger partial charge is 0.243 e. The van der Waals surface area contributed by atoms with E-state index in [0.29, 0.717) is 31.0 Å². The molecule has 134 valence electrons. The Bertz CT molecular complexity index is 701. The van der Waals surface area contributed by atoms with Gasteiger partial charge in [-0.2, -0.15) is 4.31 Å². The molecule has 1 amide bonds. The number of piperidine rings is 1. The molecule has 1 aromatic rings. The van der Waals surface area contributed by atoms with Gasteiger partial charge in [-0.15, -0.1) is 0 Å². The second-order valence-electron chi connectivity index (χ2n) is 6.07. The molecule has 0 spiro atoms. The zero-order chi connectivity index (χ0) is 17.9. The number of hydrogen-bond donors (Lipinski definition) is 1. The van der Waals surface area contributed by atoms with E-state index in [1.165, 1.54) is 22.5 Å². The fourth-order valence-corrected chi connectivity index (χ4v) is 4.47. The Balaban J connectivity index is 2.03. The SMILES string of the molecule is CCC(C)NC(=O)C1CCN(S(=O)(=O)c2ccc(Cl)c(Cl)c2)CC1. The lowest BCUT2D eigenvalue weighted by Gasteiger charge is -2.31. The Kier molecular flexibility index (Phi) is 6.53. The third-order valence-electron chi connectivity index (χ3n) is 4.35. The van der Waals surface area contributed by atoms with Gasteiger partial charge >= 0.3 is 0 Å². The van der Waals surface area contributed by atoms with Gasteiger partial charge in [-0.1, -0.05) is 30.1 Å². The monoisotopic (exact) mass is 392 g/mol. The molecule has 0 saturated carbocycles. The maximum absolute atomic E-state index is 12.7. The standard InChI is InChI=1S/C16H22Cl2N2O3S/c1-3-11(2)19-16(21)12-6-8-20(9-7-12)24(22,23)13-4-5-14(17)15(18)10-13/h4-5,10-12H,3,6-9H2,1-2H3,(H,19,21). The first-order valence-electron chi connectivity index (χ1n) is 8.01. The van der Waals surface area contributed by atoms with Crippen molar-refractivity contribution in [2.24, 2.45) is 5.92 Å². The van der Waals surface area contributed by atoms with Gasteiger partial charge in [-0.3, -0.25) is 4.79 Å². The first-order chi connectivity index (χ1) is 11.3. The van der Waals surface area contributed by atoms with Gasteiger partial charge in [0.1, 0.15) is 0 Å². The predicted octanol–water partition coefficient (Wildman–Crippen LogP) is 3.31. The summed E-state index contributed by atoms with van der Waals surface area (Å²) in [5.41, 5.74) is 0. The van der Waals surface area contributed by atoms with Crippen molar-refractivity contribution < 1.29 is 13.2 Å². The molecule has 1 saturated heterocycles. The molecule has 1 N–H and O–H groups in total. The van der Waals surface area contributed by atoms with Crippen molar-refractivity contribution in [2.75, 3.05) is 13.1 Å². The summed E-state index contributed by atoms with van der Waals surface area (Å²) in [6, 6.07) is 4.42. The summed E-state index contributed by atoms with van der Waals surface area (Å²) in [5.74, 6) is -0.129. The van der Waals surface area contributed by atoms with Crippen LogP contribution in [0.5, 0.6) is 0 Å². The first kappa shape index (κ1) is 19.5. The van der Waals surface area contributed by atoms with Gasteiger partial charge in [0.05, 0.1) is 14.9 Å². The molecule has 1 heterocycles. The average Bonchev–Trinajstić information content (AvgIpc) is 2.57. The minimum atomic E-state index is -3.62. The van der Waals surface area contributed by atoms with Gasteiger partial charge in [-0.25, -0.2) is 8.42 Å². The normalized spacial score (nSPS) is 18.3. The number of sulfonamides is 1. The van der Waals surface area contributed by atoms with Crippen LogP contribution in [0.25, 0.3) is 0 Å². The van der Waals surface area contributed by atoms with E-state index in [1.54, 1.807) is 0 Å². The van der Waals surface area contributed by atoms with Gasteiger partial charge in [-0.05, 0) is 44.4 Å². The lowest BCUT2D eigenvalue weighted by molar-refractivity contribution is -0.126. The molecule has 1 aromatic carbocycles. The lowest BCUT2D eigenvalue weighted by atomic mass is 9.97. The minimum Gasteiger partial charge on any atom is -0.353 e. The predicted molar refractivity (Wildman–Crippen MR) is 95.8 cm³/mol. The van der Waals surface area contributed by atoms with Crippen molar-refractivity contribution in [2.45, 2.75) is 44.0 Å². The summed E-state index contributed by atoms with van der Waals surface area (Å²) < 4.78 is 26.8. The Labute approximate surface area is 153 Å². The van der Waals surface area contributed by atoms with Gasteiger partial charge in [0.2, 0.25) is 15.9 Å². The third-order valence-corrected chi connectivity index (χ3v) is 6.99. The maximum atomic E-state index is 12.7. The Morgan fingerprint density at radius 1 is 1.29 bits per heavy atom. The Morgan fingerprint density at radius 2 is 1.92 bits per heavy atom. The average molecular weight is 393 g/mol. The van der Waals surface area contributed by atoms with Crippen LogP contribution < -0.4 is 5.32 Å². The molecule has 2 rings (SSSR count). The second kappa shape index (κ2) is 8.04. The Hall–Kier alpha value is -0.820. The summed E-state index contributed by atoms with van der Waals surface area (Å²) in [4.78, 5) is 12.3. The Morgan fingerprint density at radius 3 is 2.46 bits per heavy atom. The summed E-state index contributed by atoms with van der Waals surface area (Å²) in [6.07, 6.45) is 1.90. The molecule has 24 heavy (non-hydrogen) atoms.